The summed E-state index contributed by atoms with van der Waals surface area (Å²) in [5, 5.41) is 31.8. The lowest BCUT2D eigenvalue weighted by molar-refractivity contribution is 0.418. The second-order valence-electron chi connectivity index (χ2n) is 3.39. The molecule has 0 fully saturated rings. The summed E-state index contributed by atoms with van der Waals surface area (Å²) in [6, 6.07) is 7.43. The van der Waals surface area contributed by atoms with Crippen molar-refractivity contribution in [2.75, 3.05) is 10.6 Å². The SMILES string of the molecule is Oc1nnc(O)c2c1Nc1ccccc1N2. The second-order valence-corrected chi connectivity index (χ2v) is 3.39. The lowest BCUT2D eigenvalue weighted by Gasteiger charge is -2.22. The molecule has 3 rings (SSSR count). The topological polar surface area (TPSA) is 90.3 Å². The van der Waals surface area contributed by atoms with Crippen molar-refractivity contribution < 1.29 is 10.2 Å². The minimum absolute atomic E-state index is 0.255. The van der Waals surface area contributed by atoms with Crippen LogP contribution < -0.4 is 10.6 Å². The van der Waals surface area contributed by atoms with Gasteiger partial charge in [-0.15, -0.1) is 10.2 Å². The Bertz CT molecular complexity index is 521. The smallest absolute Gasteiger partial charge is 0.257 e. The van der Waals surface area contributed by atoms with E-state index < -0.39 is 0 Å². The van der Waals surface area contributed by atoms with Gasteiger partial charge in [0.1, 0.15) is 11.4 Å². The number of nitrogens with one attached hydrogen (secondary N) is 2. The van der Waals surface area contributed by atoms with Gasteiger partial charge in [0.25, 0.3) is 11.8 Å². The molecule has 2 heterocycles. The zero-order chi connectivity index (χ0) is 11.1. The maximum Gasteiger partial charge on any atom is 0.257 e. The van der Waals surface area contributed by atoms with Crippen molar-refractivity contribution >= 4 is 22.7 Å². The largest absolute Gasteiger partial charge is 0.491 e. The summed E-state index contributed by atoms with van der Waals surface area (Å²) in [5.74, 6) is -0.510. The molecule has 0 amide bonds. The molecule has 1 aliphatic heterocycles. The summed E-state index contributed by atoms with van der Waals surface area (Å²) in [5.41, 5.74) is 2.26. The quantitative estimate of drug-likeness (QED) is 0.457. The minimum atomic E-state index is -0.255. The summed E-state index contributed by atoms with van der Waals surface area (Å²) >= 11 is 0. The average Bonchev–Trinajstić information content (AvgIpc) is 2.32. The number of anilines is 4. The summed E-state index contributed by atoms with van der Waals surface area (Å²) in [7, 11) is 0. The number of fused-ring (bicyclic) bond motifs is 2. The fourth-order valence-corrected chi connectivity index (χ4v) is 1.63. The maximum atomic E-state index is 9.52. The van der Waals surface area contributed by atoms with E-state index in [9.17, 15) is 10.2 Å². The van der Waals surface area contributed by atoms with Crippen molar-refractivity contribution in [3.05, 3.63) is 24.3 Å². The number of hydrogen-bond donors (Lipinski definition) is 4. The molecule has 0 saturated carbocycles. The predicted molar refractivity (Wildman–Crippen MR) is 58.4 cm³/mol. The Hall–Kier alpha value is -2.50. The van der Waals surface area contributed by atoms with Gasteiger partial charge < -0.3 is 20.8 Å². The Labute approximate surface area is 90.6 Å². The van der Waals surface area contributed by atoms with E-state index in [1.54, 1.807) is 0 Å². The van der Waals surface area contributed by atoms with Crippen molar-refractivity contribution in [2.24, 2.45) is 0 Å². The molecule has 0 unspecified atom stereocenters. The van der Waals surface area contributed by atoms with E-state index in [0.717, 1.165) is 11.4 Å². The number of hydrogen-bond acceptors (Lipinski definition) is 6. The van der Waals surface area contributed by atoms with Gasteiger partial charge in [0, 0.05) is 0 Å². The molecule has 6 nitrogen and oxygen atoms in total. The van der Waals surface area contributed by atoms with Crippen LogP contribution in [-0.4, -0.2) is 20.4 Å². The predicted octanol–water partition coefficient (Wildman–Crippen LogP) is 1.69. The minimum Gasteiger partial charge on any atom is -0.491 e. The summed E-state index contributed by atoms with van der Waals surface area (Å²) in [4.78, 5) is 0. The van der Waals surface area contributed by atoms with E-state index >= 15 is 0 Å². The first-order valence-electron chi connectivity index (χ1n) is 4.67. The summed E-state index contributed by atoms with van der Waals surface area (Å²) < 4.78 is 0. The van der Waals surface area contributed by atoms with Gasteiger partial charge in [-0.05, 0) is 12.1 Å². The summed E-state index contributed by atoms with van der Waals surface area (Å²) in [6.07, 6.45) is 0. The highest BCUT2D eigenvalue weighted by molar-refractivity contribution is 5.93. The molecule has 0 bridgehead atoms. The Kier molecular flexibility index (Phi) is 1.64. The van der Waals surface area contributed by atoms with Crippen molar-refractivity contribution in [1.29, 1.82) is 0 Å². The average molecular weight is 216 g/mol. The molecule has 1 aliphatic rings. The van der Waals surface area contributed by atoms with Crippen molar-refractivity contribution in [3.63, 3.8) is 0 Å². The maximum absolute atomic E-state index is 9.52. The first-order chi connectivity index (χ1) is 7.75. The number of rotatable bonds is 0. The van der Waals surface area contributed by atoms with Crippen LogP contribution in [0.1, 0.15) is 0 Å². The monoisotopic (exact) mass is 216 g/mol. The fourth-order valence-electron chi connectivity index (χ4n) is 1.63. The van der Waals surface area contributed by atoms with E-state index in [0.29, 0.717) is 11.4 Å². The van der Waals surface area contributed by atoms with Crippen LogP contribution >= 0.6 is 0 Å². The van der Waals surface area contributed by atoms with Gasteiger partial charge in [-0.1, -0.05) is 12.1 Å². The molecule has 80 valence electrons. The third kappa shape index (κ3) is 1.13. The molecule has 16 heavy (non-hydrogen) atoms. The van der Waals surface area contributed by atoms with Crippen LogP contribution in [0, 0.1) is 0 Å². The fraction of sp³-hybridized carbons (Fsp3) is 0. The molecule has 0 aliphatic carbocycles. The van der Waals surface area contributed by atoms with E-state index in [2.05, 4.69) is 20.8 Å². The Morgan fingerprint density at radius 2 is 1.25 bits per heavy atom. The van der Waals surface area contributed by atoms with Crippen LogP contribution in [0.5, 0.6) is 11.8 Å². The van der Waals surface area contributed by atoms with Crippen molar-refractivity contribution in [1.82, 2.24) is 10.2 Å². The standard InChI is InChI=1S/C10H8N4O2/c15-9-7-8(10(16)14-13-9)12-6-4-2-1-3-5(6)11-7/h1-4,11-12H,(H,13,15)(H,14,16). The van der Waals surface area contributed by atoms with Gasteiger partial charge in [-0.2, -0.15) is 0 Å². The third-order valence-electron chi connectivity index (χ3n) is 2.38. The Balaban J connectivity index is 2.19. The van der Waals surface area contributed by atoms with Gasteiger partial charge in [-0.25, -0.2) is 0 Å². The highest BCUT2D eigenvalue weighted by Gasteiger charge is 2.21. The molecule has 2 aromatic rings. The molecule has 1 aromatic carbocycles. The number of aromatic hydroxyl groups is 2. The molecule has 0 atom stereocenters. The molecule has 1 aromatic heterocycles. The molecule has 6 heteroatoms. The Morgan fingerprint density at radius 1 is 0.812 bits per heavy atom. The van der Waals surface area contributed by atoms with E-state index in [1.165, 1.54) is 0 Å². The number of aromatic nitrogens is 2. The van der Waals surface area contributed by atoms with E-state index in [-0.39, 0.29) is 11.8 Å². The molecule has 0 saturated heterocycles. The number of para-hydroxylation sites is 2. The Morgan fingerprint density at radius 3 is 1.69 bits per heavy atom. The first kappa shape index (κ1) is 8.78. The van der Waals surface area contributed by atoms with Crippen LogP contribution in [0.4, 0.5) is 22.7 Å². The normalized spacial score (nSPS) is 12.0. The molecular weight excluding hydrogens is 208 g/mol. The van der Waals surface area contributed by atoms with Gasteiger partial charge in [0.2, 0.25) is 0 Å². The zero-order valence-corrected chi connectivity index (χ0v) is 8.10. The van der Waals surface area contributed by atoms with E-state index in [4.69, 9.17) is 0 Å². The third-order valence-corrected chi connectivity index (χ3v) is 2.38. The lowest BCUT2D eigenvalue weighted by Crippen LogP contribution is -2.08. The summed E-state index contributed by atoms with van der Waals surface area (Å²) in [6.45, 7) is 0. The molecule has 0 radical (unpaired) electrons. The van der Waals surface area contributed by atoms with Crippen LogP contribution in [-0.2, 0) is 0 Å². The van der Waals surface area contributed by atoms with Crippen LogP contribution in [0.25, 0.3) is 0 Å². The molecule has 4 N–H and O–H groups in total. The number of benzene rings is 1. The molecular formula is C10H8N4O2. The highest BCUT2D eigenvalue weighted by atomic mass is 16.3. The van der Waals surface area contributed by atoms with Crippen molar-refractivity contribution in [2.45, 2.75) is 0 Å². The first-order valence-corrected chi connectivity index (χ1v) is 4.67. The van der Waals surface area contributed by atoms with Gasteiger partial charge in [0.15, 0.2) is 0 Å². The zero-order valence-electron chi connectivity index (χ0n) is 8.10. The van der Waals surface area contributed by atoms with Crippen LogP contribution in [0.2, 0.25) is 0 Å². The molecule has 0 spiro atoms. The van der Waals surface area contributed by atoms with Crippen LogP contribution in [0.3, 0.4) is 0 Å². The highest BCUT2D eigenvalue weighted by Crippen LogP contribution is 2.44. The van der Waals surface area contributed by atoms with Gasteiger partial charge in [0.05, 0.1) is 11.4 Å². The van der Waals surface area contributed by atoms with Crippen LogP contribution in [0.15, 0.2) is 24.3 Å². The van der Waals surface area contributed by atoms with Gasteiger partial charge in [-0.3, -0.25) is 0 Å². The number of nitrogens with zero attached hydrogens (tertiary/aromatic N) is 2. The van der Waals surface area contributed by atoms with Gasteiger partial charge >= 0.3 is 0 Å². The van der Waals surface area contributed by atoms with Crippen molar-refractivity contribution in [3.8, 4) is 11.8 Å². The lowest BCUT2D eigenvalue weighted by atomic mass is 10.2. The second kappa shape index (κ2) is 2.99. The van der Waals surface area contributed by atoms with E-state index in [1.807, 2.05) is 24.3 Å².